The Morgan fingerprint density at radius 1 is 0.971 bits per heavy atom. The third-order valence-electron chi connectivity index (χ3n) is 6.13. The second-order valence-corrected chi connectivity index (χ2v) is 8.97. The Bertz CT molecular complexity index is 1160. The topological polar surface area (TPSA) is 39.4 Å². The summed E-state index contributed by atoms with van der Waals surface area (Å²) >= 11 is 0. The molecule has 0 aliphatic heterocycles. The highest BCUT2D eigenvalue weighted by atomic mass is 19.1. The van der Waals surface area contributed by atoms with Crippen LogP contribution in [0.1, 0.15) is 75.2 Å². The van der Waals surface area contributed by atoms with Gasteiger partial charge in [-0.15, -0.1) is 6.58 Å². The molecule has 0 amide bonds. The molecule has 35 heavy (non-hydrogen) atoms. The number of unbranched alkanes of at least 4 members (excludes halogenated alkanes) is 6. The minimum atomic E-state index is -0.653. The summed E-state index contributed by atoms with van der Waals surface area (Å²) in [5.41, 5.74) is 1.65. The number of ether oxygens (including phenoxy) is 1. The molecular formula is C31H37FO3. The van der Waals surface area contributed by atoms with E-state index in [1.54, 1.807) is 18.2 Å². The van der Waals surface area contributed by atoms with E-state index in [2.05, 4.69) is 49.9 Å². The summed E-state index contributed by atoms with van der Waals surface area (Å²) in [6.45, 7) is 6.37. The van der Waals surface area contributed by atoms with Crippen molar-refractivity contribution in [2.24, 2.45) is 0 Å². The molecule has 0 unspecified atom stereocenters. The van der Waals surface area contributed by atoms with Crippen molar-refractivity contribution in [3.63, 3.8) is 0 Å². The summed E-state index contributed by atoms with van der Waals surface area (Å²) in [6.07, 6.45) is 16.2. The van der Waals surface area contributed by atoms with Crippen molar-refractivity contribution in [3.8, 4) is 5.75 Å². The highest BCUT2D eigenvalue weighted by molar-refractivity contribution is 5.83. The fraction of sp³-hybridized carbons (Fsp3) is 0.387. The zero-order valence-electron chi connectivity index (χ0n) is 20.9. The van der Waals surface area contributed by atoms with Crippen molar-refractivity contribution < 1.29 is 13.5 Å². The van der Waals surface area contributed by atoms with Gasteiger partial charge in [0.2, 0.25) is 0 Å². The van der Waals surface area contributed by atoms with Gasteiger partial charge in [0.05, 0.1) is 6.61 Å². The van der Waals surface area contributed by atoms with Gasteiger partial charge in [0.1, 0.15) is 11.1 Å². The minimum Gasteiger partial charge on any atom is -0.490 e. The molecule has 0 aliphatic rings. The molecule has 0 aliphatic carbocycles. The molecule has 0 saturated heterocycles. The van der Waals surface area contributed by atoms with Crippen LogP contribution < -0.4 is 10.4 Å². The van der Waals surface area contributed by atoms with Crippen molar-refractivity contribution >= 4 is 16.8 Å². The number of halogens is 1. The smallest absolute Gasteiger partial charge is 0.346 e. The first-order valence-electron chi connectivity index (χ1n) is 12.9. The lowest BCUT2D eigenvalue weighted by atomic mass is 10.0. The van der Waals surface area contributed by atoms with E-state index < -0.39 is 11.4 Å². The maximum absolute atomic E-state index is 15.0. The van der Waals surface area contributed by atoms with E-state index >= 15 is 0 Å². The van der Waals surface area contributed by atoms with Crippen LogP contribution in [0.15, 0.2) is 70.4 Å². The SMILES string of the molecule is C=CCC/C=C/c1ccc(CCc2cc3ccc(OCCCCCCCC)c(F)c3c(=O)o2)cc1. The molecule has 0 spiro atoms. The van der Waals surface area contributed by atoms with E-state index in [0.29, 0.717) is 24.2 Å². The van der Waals surface area contributed by atoms with E-state index in [0.717, 1.165) is 43.2 Å². The van der Waals surface area contributed by atoms with Crippen molar-refractivity contribution in [1.82, 2.24) is 0 Å². The molecule has 0 N–H and O–H groups in total. The number of hydrogen-bond acceptors (Lipinski definition) is 3. The van der Waals surface area contributed by atoms with Crippen LogP contribution in [0.2, 0.25) is 0 Å². The summed E-state index contributed by atoms with van der Waals surface area (Å²) in [4.78, 5) is 12.6. The third kappa shape index (κ3) is 8.24. The van der Waals surface area contributed by atoms with Crippen LogP contribution in [0.3, 0.4) is 0 Å². The molecule has 3 rings (SSSR count). The molecule has 0 bridgehead atoms. The predicted octanol–water partition coefficient (Wildman–Crippen LogP) is 8.44. The van der Waals surface area contributed by atoms with Crippen LogP contribution in [0, 0.1) is 5.82 Å². The fourth-order valence-electron chi connectivity index (χ4n) is 4.07. The lowest BCUT2D eigenvalue weighted by molar-refractivity contribution is 0.291. The van der Waals surface area contributed by atoms with Crippen LogP contribution in [0.4, 0.5) is 4.39 Å². The van der Waals surface area contributed by atoms with Crippen molar-refractivity contribution in [2.75, 3.05) is 6.61 Å². The van der Waals surface area contributed by atoms with Crippen molar-refractivity contribution in [1.29, 1.82) is 0 Å². The highest BCUT2D eigenvalue weighted by Crippen LogP contribution is 2.25. The van der Waals surface area contributed by atoms with Gasteiger partial charge in [-0.2, -0.15) is 0 Å². The molecule has 186 valence electrons. The number of allylic oxidation sites excluding steroid dienone is 2. The summed E-state index contributed by atoms with van der Waals surface area (Å²) < 4.78 is 26.0. The molecule has 3 aromatic rings. The number of benzene rings is 2. The second-order valence-electron chi connectivity index (χ2n) is 8.97. The maximum atomic E-state index is 15.0. The molecule has 0 radical (unpaired) electrons. The van der Waals surface area contributed by atoms with Crippen LogP contribution in [0.25, 0.3) is 16.8 Å². The average molecular weight is 477 g/mol. The molecule has 1 aromatic heterocycles. The number of hydrogen-bond donors (Lipinski definition) is 0. The van der Waals surface area contributed by atoms with Crippen LogP contribution in [-0.4, -0.2) is 6.61 Å². The molecular weight excluding hydrogens is 439 g/mol. The number of fused-ring (bicyclic) bond motifs is 1. The van der Waals surface area contributed by atoms with Gasteiger partial charge in [0, 0.05) is 6.42 Å². The monoisotopic (exact) mass is 476 g/mol. The first-order chi connectivity index (χ1) is 17.1. The van der Waals surface area contributed by atoms with Crippen LogP contribution in [0.5, 0.6) is 5.75 Å². The summed E-state index contributed by atoms with van der Waals surface area (Å²) in [5.74, 6) is 0.0336. The van der Waals surface area contributed by atoms with E-state index in [-0.39, 0.29) is 11.1 Å². The van der Waals surface area contributed by atoms with Gasteiger partial charge in [0.25, 0.3) is 0 Å². The average Bonchev–Trinajstić information content (AvgIpc) is 2.86. The second kappa shape index (κ2) is 14.3. The number of aryl methyl sites for hydroxylation is 2. The molecule has 0 saturated carbocycles. The van der Waals surface area contributed by atoms with Gasteiger partial charge in [-0.1, -0.05) is 87.6 Å². The van der Waals surface area contributed by atoms with Crippen molar-refractivity contribution in [3.05, 3.63) is 94.3 Å². The Morgan fingerprint density at radius 2 is 1.74 bits per heavy atom. The standard InChI is InChI=1S/C31H37FO3/c1-3-5-7-9-10-12-22-34-28-21-19-26-23-27(35-31(33)29(26)30(28)32)20-18-25-16-14-24(15-17-25)13-11-8-6-4-2/h4,11,13-17,19,21,23H,2-3,5-10,12,18,20,22H2,1H3/b13-11+. The first-order valence-corrected chi connectivity index (χ1v) is 12.9. The molecule has 1 heterocycles. The van der Waals surface area contributed by atoms with E-state index in [9.17, 15) is 9.18 Å². The maximum Gasteiger partial charge on any atom is 0.346 e. The Balaban J connectivity index is 1.58. The van der Waals surface area contributed by atoms with Gasteiger partial charge in [0.15, 0.2) is 11.6 Å². The summed E-state index contributed by atoms with van der Waals surface area (Å²) in [6, 6.07) is 13.4. The summed E-state index contributed by atoms with van der Waals surface area (Å²) in [5, 5.41) is 0.502. The van der Waals surface area contributed by atoms with Crippen LogP contribution in [-0.2, 0) is 12.8 Å². The quantitative estimate of drug-likeness (QED) is 0.163. The molecule has 4 heteroatoms. The third-order valence-corrected chi connectivity index (χ3v) is 6.13. The lowest BCUT2D eigenvalue weighted by Crippen LogP contribution is -2.07. The van der Waals surface area contributed by atoms with Gasteiger partial charge in [-0.25, -0.2) is 9.18 Å². The zero-order valence-corrected chi connectivity index (χ0v) is 20.9. The Hall–Kier alpha value is -3.14. The lowest BCUT2D eigenvalue weighted by Gasteiger charge is -2.09. The highest BCUT2D eigenvalue weighted by Gasteiger charge is 2.14. The predicted molar refractivity (Wildman–Crippen MR) is 144 cm³/mol. The Kier molecular flexibility index (Phi) is 10.8. The molecule has 0 fully saturated rings. The van der Waals surface area contributed by atoms with E-state index in [1.165, 1.54) is 25.7 Å². The minimum absolute atomic E-state index is 0.0400. The zero-order chi connectivity index (χ0) is 24.9. The fourth-order valence-corrected chi connectivity index (χ4v) is 4.07. The van der Waals surface area contributed by atoms with Crippen LogP contribution >= 0.6 is 0 Å². The largest absolute Gasteiger partial charge is 0.490 e. The van der Waals surface area contributed by atoms with E-state index in [4.69, 9.17) is 9.15 Å². The normalized spacial score (nSPS) is 11.4. The number of rotatable bonds is 15. The molecule has 0 atom stereocenters. The molecule has 3 nitrogen and oxygen atoms in total. The van der Waals surface area contributed by atoms with Gasteiger partial charge >= 0.3 is 5.63 Å². The summed E-state index contributed by atoms with van der Waals surface area (Å²) in [7, 11) is 0. The van der Waals surface area contributed by atoms with Gasteiger partial charge in [-0.05, 0) is 54.3 Å². The van der Waals surface area contributed by atoms with E-state index in [1.807, 2.05) is 6.08 Å². The Labute approximate surface area is 208 Å². The first kappa shape index (κ1) is 26.5. The van der Waals surface area contributed by atoms with Gasteiger partial charge in [-0.3, -0.25) is 0 Å². The van der Waals surface area contributed by atoms with Gasteiger partial charge < -0.3 is 9.15 Å². The molecule has 2 aromatic carbocycles. The van der Waals surface area contributed by atoms with Crippen molar-refractivity contribution in [2.45, 2.75) is 71.1 Å². The Morgan fingerprint density at radius 3 is 2.51 bits per heavy atom.